The van der Waals surface area contributed by atoms with Crippen molar-refractivity contribution in [2.75, 3.05) is 13.2 Å². The molecule has 2 unspecified atom stereocenters. The molecule has 1 fully saturated rings. The predicted molar refractivity (Wildman–Crippen MR) is 116 cm³/mol. The van der Waals surface area contributed by atoms with Gasteiger partial charge < -0.3 is 9.47 Å². The highest BCUT2D eigenvalue weighted by molar-refractivity contribution is 7.87. The number of carbonyl (C=O) groups excluding carboxylic acids is 1. The molecule has 0 bridgehead atoms. The summed E-state index contributed by atoms with van der Waals surface area (Å²) in [7, 11) is -4.17. The molecule has 1 saturated heterocycles. The molecule has 1 aliphatic rings. The molecule has 0 aliphatic carbocycles. The lowest BCUT2D eigenvalue weighted by Gasteiger charge is -2.23. The van der Waals surface area contributed by atoms with Gasteiger partial charge in [0.05, 0.1) is 6.10 Å². The Morgan fingerprint density at radius 1 is 1.03 bits per heavy atom. The molecule has 0 saturated carbocycles. The normalized spacial score (nSPS) is 18.4. The van der Waals surface area contributed by atoms with Gasteiger partial charge in [-0.25, -0.2) is 4.79 Å². The van der Waals surface area contributed by atoms with E-state index in [2.05, 4.69) is 13.8 Å². The first kappa shape index (κ1) is 24.8. The van der Waals surface area contributed by atoms with Crippen molar-refractivity contribution in [1.82, 2.24) is 0 Å². The lowest BCUT2D eigenvalue weighted by Crippen LogP contribution is -2.30. The van der Waals surface area contributed by atoms with Crippen LogP contribution in [-0.4, -0.2) is 39.8 Å². The molecule has 1 aromatic carbocycles. The molecular weight excluding hydrogens is 404 g/mol. The van der Waals surface area contributed by atoms with Crippen LogP contribution in [0.25, 0.3) is 0 Å². The molecule has 0 spiro atoms. The van der Waals surface area contributed by atoms with Crippen molar-refractivity contribution in [1.29, 1.82) is 0 Å². The molecule has 1 aromatic rings. The molecule has 2 atom stereocenters. The maximum absolute atomic E-state index is 13.3. The van der Waals surface area contributed by atoms with Crippen molar-refractivity contribution in [3.05, 3.63) is 28.8 Å². The highest BCUT2D eigenvalue weighted by Gasteiger charge is 2.32. The number of carbonyl (C=O) groups is 1. The first-order valence-electron chi connectivity index (χ1n) is 10.8. The van der Waals surface area contributed by atoms with Crippen LogP contribution >= 0.6 is 0 Å². The zero-order valence-electron chi connectivity index (χ0n) is 19.2. The van der Waals surface area contributed by atoms with E-state index in [0.717, 1.165) is 18.4 Å². The van der Waals surface area contributed by atoms with Crippen LogP contribution in [0.2, 0.25) is 0 Å². The van der Waals surface area contributed by atoms with Crippen molar-refractivity contribution in [3.8, 4) is 0 Å². The minimum Gasteiger partial charge on any atom is -0.461 e. The molecule has 1 heterocycles. The monoisotopic (exact) mass is 440 g/mol. The van der Waals surface area contributed by atoms with Gasteiger partial charge in [-0.1, -0.05) is 53.7 Å². The highest BCUT2D eigenvalue weighted by Crippen LogP contribution is 2.36. The van der Waals surface area contributed by atoms with Gasteiger partial charge in [0.1, 0.15) is 11.5 Å². The van der Waals surface area contributed by atoms with Crippen molar-refractivity contribution in [2.45, 2.75) is 96.2 Å². The lowest BCUT2D eigenvalue weighted by atomic mass is 9.89. The fourth-order valence-corrected chi connectivity index (χ4v) is 5.25. The van der Waals surface area contributed by atoms with E-state index in [9.17, 15) is 13.2 Å². The van der Waals surface area contributed by atoms with E-state index in [1.807, 2.05) is 39.8 Å². The predicted octanol–water partition coefficient (Wildman–Crippen LogP) is 4.87. The van der Waals surface area contributed by atoms with Gasteiger partial charge in [-0.15, -0.1) is 0 Å². The quantitative estimate of drug-likeness (QED) is 0.402. The fourth-order valence-electron chi connectivity index (χ4n) is 3.52. The molecule has 170 valence electrons. The van der Waals surface area contributed by atoms with Crippen LogP contribution in [0.3, 0.4) is 0 Å². The van der Waals surface area contributed by atoms with Crippen LogP contribution in [0.4, 0.5) is 0 Å². The van der Waals surface area contributed by atoms with Crippen LogP contribution in [0.5, 0.6) is 0 Å². The summed E-state index contributed by atoms with van der Waals surface area (Å²) in [6, 6.07) is 3.88. The summed E-state index contributed by atoms with van der Waals surface area (Å²) in [4.78, 5) is 12.5. The maximum Gasteiger partial charge on any atom is 0.336 e. The zero-order chi connectivity index (χ0) is 22.6. The van der Waals surface area contributed by atoms with E-state index in [1.165, 1.54) is 6.92 Å². The second-order valence-electron chi connectivity index (χ2n) is 8.95. The van der Waals surface area contributed by atoms with Gasteiger partial charge in [0.25, 0.3) is 10.1 Å². The molecule has 2 rings (SSSR count). The van der Waals surface area contributed by atoms with E-state index >= 15 is 0 Å². The van der Waals surface area contributed by atoms with Crippen molar-refractivity contribution in [3.63, 3.8) is 0 Å². The SMILES string of the molecule is CC(OS(=O)(=O)c1c(C(C)C)cc(C(C)C)cc1C(C)C)C(=O)OCC1CCCO1. The second-order valence-corrected chi connectivity index (χ2v) is 10.5. The standard InChI is InChI=1S/C23H36O6S/c1-14(2)18-11-20(15(3)4)22(21(12-18)16(5)6)30(25,26)29-17(7)23(24)28-13-19-9-8-10-27-19/h11-12,14-17,19H,8-10,13H2,1-7H3. The summed E-state index contributed by atoms with van der Waals surface area (Å²) in [6.07, 6.45) is 0.409. The Kier molecular flexibility index (Phi) is 8.48. The molecule has 0 aromatic heterocycles. The number of hydrogen-bond acceptors (Lipinski definition) is 6. The number of hydrogen-bond donors (Lipinski definition) is 0. The van der Waals surface area contributed by atoms with Gasteiger partial charge in [-0.3, -0.25) is 4.18 Å². The van der Waals surface area contributed by atoms with Crippen molar-refractivity contribution < 1.29 is 26.9 Å². The first-order chi connectivity index (χ1) is 13.9. The molecule has 7 heteroatoms. The molecule has 1 aliphatic heterocycles. The van der Waals surface area contributed by atoms with Gasteiger partial charge in [0.15, 0.2) is 6.10 Å². The van der Waals surface area contributed by atoms with Crippen LogP contribution in [0, 0.1) is 0 Å². The zero-order valence-corrected chi connectivity index (χ0v) is 20.0. The van der Waals surface area contributed by atoms with Crippen LogP contribution in [0.1, 0.15) is 95.8 Å². The summed E-state index contributed by atoms with van der Waals surface area (Å²) in [5, 5.41) is 0. The summed E-state index contributed by atoms with van der Waals surface area (Å²) < 4.78 is 42.6. The average Bonchev–Trinajstić information content (AvgIpc) is 3.17. The van der Waals surface area contributed by atoms with E-state index in [1.54, 1.807) is 0 Å². The van der Waals surface area contributed by atoms with Gasteiger partial charge in [0.2, 0.25) is 0 Å². The average molecular weight is 441 g/mol. The third-order valence-electron chi connectivity index (χ3n) is 5.37. The minimum absolute atomic E-state index is 0.0173. The van der Waals surface area contributed by atoms with Crippen LogP contribution in [-0.2, 0) is 28.6 Å². The maximum atomic E-state index is 13.3. The Labute approximate surface area is 181 Å². The minimum atomic E-state index is -4.17. The number of ether oxygens (including phenoxy) is 2. The summed E-state index contributed by atoms with van der Waals surface area (Å²) >= 11 is 0. The van der Waals surface area contributed by atoms with Gasteiger partial charge in [0, 0.05) is 6.61 Å². The molecular formula is C23H36O6S. The van der Waals surface area contributed by atoms with E-state index in [4.69, 9.17) is 13.7 Å². The number of rotatable bonds is 9. The molecule has 6 nitrogen and oxygen atoms in total. The topological polar surface area (TPSA) is 78.9 Å². The van der Waals surface area contributed by atoms with E-state index in [0.29, 0.717) is 17.7 Å². The third kappa shape index (κ3) is 6.05. The first-order valence-corrected chi connectivity index (χ1v) is 12.2. The van der Waals surface area contributed by atoms with E-state index in [-0.39, 0.29) is 35.4 Å². The molecule has 0 N–H and O–H groups in total. The van der Waals surface area contributed by atoms with Gasteiger partial charge in [-0.2, -0.15) is 8.42 Å². The van der Waals surface area contributed by atoms with Crippen LogP contribution in [0.15, 0.2) is 17.0 Å². The van der Waals surface area contributed by atoms with Crippen molar-refractivity contribution >= 4 is 16.1 Å². The Morgan fingerprint density at radius 3 is 2.03 bits per heavy atom. The smallest absolute Gasteiger partial charge is 0.336 e. The van der Waals surface area contributed by atoms with Crippen LogP contribution < -0.4 is 0 Å². The fraction of sp³-hybridized carbons (Fsp3) is 0.696. The highest BCUT2D eigenvalue weighted by atomic mass is 32.2. The summed E-state index contributed by atoms with van der Waals surface area (Å²) in [5.41, 5.74) is 2.51. The van der Waals surface area contributed by atoms with Gasteiger partial charge >= 0.3 is 5.97 Å². The van der Waals surface area contributed by atoms with Crippen molar-refractivity contribution in [2.24, 2.45) is 0 Å². The van der Waals surface area contributed by atoms with E-state index < -0.39 is 22.2 Å². The second kappa shape index (κ2) is 10.2. The Morgan fingerprint density at radius 2 is 1.60 bits per heavy atom. The molecule has 0 amide bonds. The molecule has 30 heavy (non-hydrogen) atoms. The van der Waals surface area contributed by atoms with Gasteiger partial charge in [-0.05, 0) is 54.2 Å². The number of benzene rings is 1. The summed E-state index contributed by atoms with van der Waals surface area (Å²) in [5.74, 6) is -0.470. The largest absolute Gasteiger partial charge is 0.461 e. The third-order valence-corrected chi connectivity index (χ3v) is 6.88. The Balaban J connectivity index is 2.31. The summed E-state index contributed by atoms with van der Waals surface area (Å²) in [6.45, 7) is 14.2. The Bertz CT molecular complexity index is 806. The number of esters is 1. The molecule has 0 radical (unpaired) electrons. The Hall–Kier alpha value is -1.44. The lowest BCUT2D eigenvalue weighted by molar-refractivity contribution is -0.154.